The summed E-state index contributed by atoms with van der Waals surface area (Å²) in [6.45, 7) is 2.10. The van der Waals surface area contributed by atoms with Crippen LogP contribution in [0, 0.1) is 0 Å². The number of aryl methyl sites for hydroxylation is 1. The summed E-state index contributed by atoms with van der Waals surface area (Å²) >= 11 is 0. The first-order valence-corrected chi connectivity index (χ1v) is 5.89. The normalized spacial score (nSPS) is 10.9. The molecule has 0 amide bonds. The van der Waals surface area contributed by atoms with E-state index < -0.39 is 0 Å². The topological polar surface area (TPSA) is 64.9 Å². The summed E-state index contributed by atoms with van der Waals surface area (Å²) in [6, 6.07) is 9.81. The summed E-state index contributed by atoms with van der Waals surface area (Å²) in [7, 11) is 0. The molecule has 0 aliphatic carbocycles. The van der Waals surface area contributed by atoms with E-state index in [-0.39, 0.29) is 5.95 Å². The third-order valence-electron chi connectivity index (χ3n) is 2.96. The van der Waals surface area contributed by atoms with Crippen molar-refractivity contribution in [2.75, 3.05) is 5.73 Å². The first-order chi connectivity index (χ1) is 8.79. The minimum Gasteiger partial charge on any atom is -0.454 e. The molecule has 0 fully saturated rings. The second-order valence-corrected chi connectivity index (χ2v) is 4.06. The number of hydrogen-bond donors (Lipinski definition) is 1. The Bertz CT molecular complexity index is 703. The number of nitrogen functional groups attached to an aromatic ring is 1. The molecule has 3 aromatic rings. The Morgan fingerprint density at radius 2 is 2.06 bits per heavy atom. The molecule has 3 rings (SSSR count). The third-order valence-corrected chi connectivity index (χ3v) is 2.96. The van der Waals surface area contributed by atoms with E-state index in [1.165, 1.54) is 0 Å². The van der Waals surface area contributed by atoms with Gasteiger partial charge in [0.05, 0.1) is 0 Å². The van der Waals surface area contributed by atoms with Gasteiger partial charge in [0.1, 0.15) is 11.3 Å². The molecule has 0 radical (unpaired) electrons. The molecule has 2 N–H and O–H groups in total. The highest BCUT2D eigenvalue weighted by atomic mass is 16.3. The van der Waals surface area contributed by atoms with Crippen molar-refractivity contribution in [3.63, 3.8) is 0 Å². The predicted octanol–water partition coefficient (Wildman–Crippen LogP) is 3.03. The van der Waals surface area contributed by atoms with Crippen molar-refractivity contribution in [3.8, 4) is 11.5 Å². The van der Waals surface area contributed by atoms with Crippen LogP contribution in [0.15, 0.2) is 40.9 Å². The molecule has 0 spiro atoms. The Hall–Kier alpha value is -2.36. The van der Waals surface area contributed by atoms with Gasteiger partial charge >= 0.3 is 0 Å². The average molecular weight is 239 g/mol. The molecule has 0 aliphatic heterocycles. The number of anilines is 1. The van der Waals surface area contributed by atoms with Crippen LogP contribution >= 0.6 is 0 Å². The third kappa shape index (κ3) is 1.62. The zero-order valence-electron chi connectivity index (χ0n) is 10.1. The quantitative estimate of drug-likeness (QED) is 0.746. The zero-order chi connectivity index (χ0) is 12.5. The summed E-state index contributed by atoms with van der Waals surface area (Å²) < 4.78 is 5.89. The number of para-hydroxylation sites is 1. The lowest BCUT2D eigenvalue weighted by atomic mass is 10.1. The van der Waals surface area contributed by atoms with Crippen molar-refractivity contribution >= 4 is 16.9 Å². The van der Waals surface area contributed by atoms with Crippen LogP contribution in [0.2, 0.25) is 0 Å². The molecular weight excluding hydrogens is 226 g/mol. The Kier molecular flexibility index (Phi) is 2.48. The van der Waals surface area contributed by atoms with Gasteiger partial charge in [-0.3, -0.25) is 0 Å². The molecule has 18 heavy (non-hydrogen) atoms. The maximum atomic E-state index is 5.89. The molecule has 0 atom stereocenters. The Morgan fingerprint density at radius 3 is 2.83 bits per heavy atom. The standard InChI is InChI=1S/C14H13N3O/c1-2-9-10-5-3-4-6-12(10)18-13(9)11-7-8-16-14(15)17-11/h3-8H,2H2,1H3,(H2,15,16,17). The largest absolute Gasteiger partial charge is 0.454 e. The minimum absolute atomic E-state index is 0.259. The molecule has 1 aromatic carbocycles. The lowest BCUT2D eigenvalue weighted by Gasteiger charge is -2.00. The molecule has 0 aliphatic rings. The number of benzene rings is 1. The van der Waals surface area contributed by atoms with E-state index in [1.807, 2.05) is 24.3 Å². The number of nitrogens with zero attached hydrogens (tertiary/aromatic N) is 2. The summed E-state index contributed by atoms with van der Waals surface area (Å²) in [5.41, 5.74) is 8.38. The molecule has 0 unspecified atom stereocenters. The van der Waals surface area contributed by atoms with E-state index in [0.717, 1.165) is 34.4 Å². The van der Waals surface area contributed by atoms with E-state index in [9.17, 15) is 0 Å². The van der Waals surface area contributed by atoms with Gasteiger partial charge in [-0.05, 0) is 18.6 Å². The van der Waals surface area contributed by atoms with Crippen LogP contribution in [0.25, 0.3) is 22.4 Å². The van der Waals surface area contributed by atoms with E-state index in [4.69, 9.17) is 10.2 Å². The van der Waals surface area contributed by atoms with Gasteiger partial charge in [0.15, 0.2) is 5.76 Å². The molecule has 0 bridgehead atoms. The van der Waals surface area contributed by atoms with E-state index >= 15 is 0 Å². The maximum absolute atomic E-state index is 5.89. The van der Waals surface area contributed by atoms with E-state index in [2.05, 4.69) is 23.0 Å². The predicted molar refractivity (Wildman–Crippen MR) is 71.0 cm³/mol. The molecule has 4 nitrogen and oxygen atoms in total. The minimum atomic E-state index is 0.259. The van der Waals surface area contributed by atoms with Crippen LogP contribution in [0.5, 0.6) is 0 Å². The van der Waals surface area contributed by atoms with Crippen molar-refractivity contribution in [1.82, 2.24) is 9.97 Å². The first kappa shape index (κ1) is 10.8. The van der Waals surface area contributed by atoms with Crippen LogP contribution in [0.3, 0.4) is 0 Å². The van der Waals surface area contributed by atoms with Gasteiger partial charge in [-0.1, -0.05) is 25.1 Å². The Labute approximate surface area is 104 Å². The highest BCUT2D eigenvalue weighted by molar-refractivity contribution is 5.87. The van der Waals surface area contributed by atoms with Gasteiger partial charge < -0.3 is 10.2 Å². The highest BCUT2D eigenvalue weighted by Crippen LogP contribution is 2.32. The van der Waals surface area contributed by atoms with Crippen molar-refractivity contribution in [2.24, 2.45) is 0 Å². The Balaban J connectivity index is 2.28. The number of aromatic nitrogens is 2. The van der Waals surface area contributed by atoms with Gasteiger partial charge in [0.25, 0.3) is 0 Å². The van der Waals surface area contributed by atoms with Gasteiger partial charge in [-0.2, -0.15) is 0 Å². The van der Waals surface area contributed by atoms with Crippen LogP contribution in [0.4, 0.5) is 5.95 Å². The summed E-state index contributed by atoms with van der Waals surface area (Å²) in [4.78, 5) is 8.12. The van der Waals surface area contributed by atoms with Gasteiger partial charge in [0, 0.05) is 17.1 Å². The second kappa shape index (κ2) is 4.14. The second-order valence-electron chi connectivity index (χ2n) is 4.06. The molecule has 90 valence electrons. The molecule has 0 saturated heterocycles. The van der Waals surface area contributed by atoms with Crippen molar-refractivity contribution in [3.05, 3.63) is 42.1 Å². The van der Waals surface area contributed by atoms with Crippen LogP contribution in [0.1, 0.15) is 12.5 Å². The van der Waals surface area contributed by atoms with Crippen LogP contribution in [-0.2, 0) is 6.42 Å². The average Bonchev–Trinajstić information content (AvgIpc) is 2.77. The van der Waals surface area contributed by atoms with Gasteiger partial charge in [-0.15, -0.1) is 0 Å². The smallest absolute Gasteiger partial charge is 0.220 e. The van der Waals surface area contributed by atoms with Crippen LogP contribution in [-0.4, -0.2) is 9.97 Å². The van der Waals surface area contributed by atoms with Crippen molar-refractivity contribution in [1.29, 1.82) is 0 Å². The molecule has 2 aromatic heterocycles. The SMILES string of the molecule is CCc1c(-c2ccnc(N)n2)oc2ccccc12. The molecule has 2 heterocycles. The van der Waals surface area contributed by atoms with Gasteiger partial charge in [-0.25, -0.2) is 9.97 Å². The Morgan fingerprint density at radius 1 is 1.22 bits per heavy atom. The first-order valence-electron chi connectivity index (χ1n) is 5.89. The lowest BCUT2D eigenvalue weighted by Crippen LogP contribution is -1.95. The number of furan rings is 1. The zero-order valence-corrected chi connectivity index (χ0v) is 10.1. The number of fused-ring (bicyclic) bond motifs is 1. The molecular formula is C14H13N3O. The number of rotatable bonds is 2. The lowest BCUT2D eigenvalue weighted by molar-refractivity contribution is 0.624. The van der Waals surface area contributed by atoms with Crippen molar-refractivity contribution < 1.29 is 4.42 Å². The summed E-state index contributed by atoms with van der Waals surface area (Å²) in [5, 5.41) is 1.13. The van der Waals surface area contributed by atoms with Gasteiger partial charge in [0.2, 0.25) is 5.95 Å². The summed E-state index contributed by atoms with van der Waals surface area (Å²) in [5.74, 6) is 1.04. The fraction of sp³-hybridized carbons (Fsp3) is 0.143. The van der Waals surface area contributed by atoms with E-state index in [0.29, 0.717) is 0 Å². The van der Waals surface area contributed by atoms with E-state index in [1.54, 1.807) is 6.20 Å². The maximum Gasteiger partial charge on any atom is 0.220 e. The fourth-order valence-corrected chi connectivity index (χ4v) is 2.16. The monoisotopic (exact) mass is 239 g/mol. The highest BCUT2D eigenvalue weighted by Gasteiger charge is 2.15. The number of hydrogen-bond acceptors (Lipinski definition) is 4. The number of nitrogens with two attached hydrogens (primary N) is 1. The summed E-state index contributed by atoms with van der Waals surface area (Å²) in [6.07, 6.45) is 2.53. The van der Waals surface area contributed by atoms with Crippen LogP contribution < -0.4 is 5.73 Å². The fourth-order valence-electron chi connectivity index (χ4n) is 2.16. The molecule has 4 heteroatoms. The van der Waals surface area contributed by atoms with Crippen molar-refractivity contribution in [2.45, 2.75) is 13.3 Å². The molecule has 0 saturated carbocycles.